The van der Waals surface area contributed by atoms with Crippen molar-refractivity contribution >= 4 is 26.9 Å². The maximum absolute atomic E-state index is 13.0. The van der Waals surface area contributed by atoms with Gasteiger partial charge < -0.3 is 10.1 Å². The van der Waals surface area contributed by atoms with Crippen LogP contribution in [0.2, 0.25) is 0 Å². The molecule has 0 spiro atoms. The first-order valence-electron chi connectivity index (χ1n) is 7.42. The highest BCUT2D eigenvalue weighted by atomic mass is 32.2. The van der Waals surface area contributed by atoms with Crippen LogP contribution in [0.25, 0.3) is 10.9 Å². The Hall–Kier alpha value is -2.71. The molecular weight excluding hydrogens is 347 g/mol. The Bertz CT molecular complexity index is 1010. The number of carboxylic acids is 1. The van der Waals surface area contributed by atoms with Gasteiger partial charge in [-0.3, -0.25) is 4.79 Å². The first kappa shape index (κ1) is 17.1. The molecule has 6 nitrogen and oxygen atoms in total. The summed E-state index contributed by atoms with van der Waals surface area (Å²) in [6, 6.07) is 10.2. The van der Waals surface area contributed by atoms with Crippen molar-refractivity contribution in [1.29, 1.82) is 0 Å². The number of carbonyl (C=O) groups is 1. The topological polar surface area (TPSA) is 99.3 Å². The lowest BCUT2D eigenvalue weighted by atomic mass is 10.1. The van der Waals surface area contributed by atoms with E-state index in [-0.39, 0.29) is 11.3 Å². The number of hydrogen-bond acceptors (Lipinski definition) is 3. The summed E-state index contributed by atoms with van der Waals surface area (Å²) in [4.78, 5) is 14.4. The normalized spacial score (nSPS) is 13.0. The molecule has 0 bridgehead atoms. The van der Waals surface area contributed by atoms with Crippen LogP contribution in [0.15, 0.2) is 59.6 Å². The third kappa shape index (κ3) is 3.70. The van der Waals surface area contributed by atoms with Crippen LogP contribution in [0.5, 0.6) is 0 Å². The van der Waals surface area contributed by atoms with E-state index in [1.54, 1.807) is 6.20 Å². The number of benzene rings is 2. The molecular formula is C17H15FN2O4S. The molecule has 0 aliphatic heterocycles. The van der Waals surface area contributed by atoms with E-state index in [1.807, 2.05) is 24.3 Å². The number of para-hydroxylation sites is 1. The number of carboxylic acid groups (broad SMARTS) is 1. The molecule has 0 fully saturated rings. The van der Waals surface area contributed by atoms with Crippen molar-refractivity contribution in [1.82, 2.24) is 9.71 Å². The van der Waals surface area contributed by atoms with Gasteiger partial charge in [0.05, 0.1) is 4.90 Å². The molecule has 0 radical (unpaired) electrons. The zero-order valence-corrected chi connectivity index (χ0v) is 13.8. The number of aromatic nitrogens is 1. The minimum atomic E-state index is -4.09. The Morgan fingerprint density at radius 1 is 1.16 bits per heavy atom. The summed E-state index contributed by atoms with van der Waals surface area (Å²) < 4.78 is 39.8. The summed E-state index contributed by atoms with van der Waals surface area (Å²) in [5.74, 6) is -1.87. The predicted octanol–water partition coefficient (Wildman–Crippen LogP) is 2.28. The van der Waals surface area contributed by atoms with Crippen LogP contribution < -0.4 is 4.72 Å². The number of sulfonamides is 1. The van der Waals surface area contributed by atoms with Crippen LogP contribution in [-0.2, 0) is 21.2 Å². The molecule has 2 aromatic carbocycles. The summed E-state index contributed by atoms with van der Waals surface area (Å²) in [6.45, 7) is 0. The number of halogens is 1. The van der Waals surface area contributed by atoms with Gasteiger partial charge in [0.1, 0.15) is 11.9 Å². The van der Waals surface area contributed by atoms with E-state index < -0.39 is 27.9 Å². The molecule has 0 saturated heterocycles. The van der Waals surface area contributed by atoms with Crippen LogP contribution in [0.1, 0.15) is 5.56 Å². The largest absolute Gasteiger partial charge is 0.480 e. The Kier molecular flexibility index (Phi) is 4.56. The molecule has 0 aliphatic carbocycles. The van der Waals surface area contributed by atoms with Crippen LogP contribution in [0.3, 0.4) is 0 Å². The monoisotopic (exact) mass is 362 g/mol. The molecule has 1 unspecified atom stereocenters. The van der Waals surface area contributed by atoms with Gasteiger partial charge in [0.25, 0.3) is 0 Å². The third-order valence-electron chi connectivity index (χ3n) is 3.82. The maximum Gasteiger partial charge on any atom is 0.322 e. The number of aliphatic carboxylic acids is 1. The highest BCUT2D eigenvalue weighted by Gasteiger charge is 2.26. The third-order valence-corrected chi connectivity index (χ3v) is 5.31. The van der Waals surface area contributed by atoms with Gasteiger partial charge in [-0.1, -0.05) is 18.2 Å². The van der Waals surface area contributed by atoms with Crippen LogP contribution >= 0.6 is 0 Å². The standard InChI is InChI=1S/C17H15FN2O4S/c18-12-5-7-13(8-6-12)25(23,24)20-16(17(21)22)9-11-10-19-15-4-2-1-3-14(11)15/h1-8,10,16,19-20H,9H2,(H,21,22). The maximum atomic E-state index is 13.0. The van der Waals surface area contributed by atoms with Crippen molar-refractivity contribution < 1.29 is 22.7 Å². The first-order chi connectivity index (χ1) is 11.9. The fourth-order valence-corrected chi connectivity index (χ4v) is 3.76. The molecule has 1 heterocycles. The zero-order valence-electron chi connectivity index (χ0n) is 12.9. The number of rotatable bonds is 6. The number of aromatic amines is 1. The summed E-state index contributed by atoms with van der Waals surface area (Å²) in [5, 5.41) is 10.2. The second-order valence-corrected chi connectivity index (χ2v) is 7.24. The average Bonchev–Trinajstić information content (AvgIpc) is 2.97. The van der Waals surface area contributed by atoms with Gasteiger partial charge in [-0.25, -0.2) is 12.8 Å². The van der Waals surface area contributed by atoms with Crippen molar-refractivity contribution in [2.24, 2.45) is 0 Å². The van der Waals surface area contributed by atoms with Crippen molar-refractivity contribution in [3.05, 3.63) is 66.1 Å². The van der Waals surface area contributed by atoms with E-state index in [4.69, 9.17) is 0 Å². The fraction of sp³-hybridized carbons (Fsp3) is 0.118. The summed E-state index contributed by atoms with van der Waals surface area (Å²) in [5.41, 5.74) is 1.52. The van der Waals surface area contributed by atoms with Crippen LogP contribution in [0, 0.1) is 5.82 Å². The van der Waals surface area contributed by atoms with E-state index in [0.717, 1.165) is 35.2 Å². The smallest absolute Gasteiger partial charge is 0.322 e. The second-order valence-electron chi connectivity index (χ2n) is 5.53. The molecule has 1 aromatic heterocycles. The lowest BCUT2D eigenvalue weighted by molar-refractivity contribution is -0.138. The van der Waals surface area contributed by atoms with Gasteiger partial charge in [0.2, 0.25) is 10.0 Å². The van der Waals surface area contributed by atoms with Crippen molar-refractivity contribution in [3.63, 3.8) is 0 Å². The molecule has 130 valence electrons. The van der Waals surface area contributed by atoms with E-state index in [9.17, 15) is 22.7 Å². The van der Waals surface area contributed by atoms with Gasteiger partial charge in [0.15, 0.2) is 0 Å². The molecule has 3 N–H and O–H groups in total. The Morgan fingerprint density at radius 3 is 2.52 bits per heavy atom. The van der Waals surface area contributed by atoms with E-state index in [2.05, 4.69) is 9.71 Å². The van der Waals surface area contributed by atoms with Gasteiger partial charge >= 0.3 is 5.97 Å². The molecule has 3 aromatic rings. The van der Waals surface area contributed by atoms with E-state index >= 15 is 0 Å². The lowest BCUT2D eigenvalue weighted by Crippen LogP contribution is -2.42. The molecule has 3 rings (SSSR count). The molecule has 0 aliphatic rings. The number of hydrogen-bond donors (Lipinski definition) is 3. The van der Waals surface area contributed by atoms with Gasteiger partial charge in [-0.15, -0.1) is 0 Å². The highest BCUT2D eigenvalue weighted by Crippen LogP contribution is 2.20. The lowest BCUT2D eigenvalue weighted by Gasteiger charge is -2.14. The molecule has 0 saturated carbocycles. The average molecular weight is 362 g/mol. The van der Waals surface area contributed by atoms with Gasteiger partial charge in [-0.05, 0) is 35.9 Å². The van der Waals surface area contributed by atoms with Gasteiger partial charge in [0, 0.05) is 23.5 Å². The number of H-pyrrole nitrogens is 1. The Morgan fingerprint density at radius 2 is 1.84 bits per heavy atom. The van der Waals surface area contributed by atoms with Gasteiger partial charge in [-0.2, -0.15) is 4.72 Å². The SMILES string of the molecule is O=C(O)C(Cc1c[nH]c2ccccc12)NS(=O)(=O)c1ccc(F)cc1. The Labute approximate surface area is 143 Å². The Balaban J connectivity index is 1.86. The number of nitrogens with one attached hydrogen (secondary N) is 2. The van der Waals surface area contributed by atoms with E-state index in [1.165, 1.54) is 0 Å². The summed E-state index contributed by atoms with van der Waals surface area (Å²) in [6.07, 6.45) is 1.63. The van der Waals surface area contributed by atoms with Crippen LogP contribution in [0.4, 0.5) is 4.39 Å². The molecule has 25 heavy (non-hydrogen) atoms. The van der Waals surface area contributed by atoms with Crippen LogP contribution in [-0.4, -0.2) is 30.5 Å². The van der Waals surface area contributed by atoms with E-state index in [0.29, 0.717) is 5.56 Å². The number of fused-ring (bicyclic) bond motifs is 1. The first-order valence-corrected chi connectivity index (χ1v) is 8.91. The molecule has 1 atom stereocenters. The minimum absolute atomic E-state index is 0.0280. The summed E-state index contributed by atoms with van der Waals surface area (Å²) >= 11 is 0. The molecule has 8 heteroatoms. The summed E-state index contributed by atoms with van der Waals surface area (Å²) in [7, 11) is -4.09. The molecule has 0 amide bonds. The van der Waals surface area contributed by atoms with Crippen molar-refractivity contribution in [2.75, 3.05) is 0 Å². The van der Waals surface area contributed by atoms with Crippen molar-refractivity contribution in [2.45, 2.75) is 17.4 Å². The minimum Gasteiger partial charge on any atom is -0.480 e. The second kappa shape index (κ2) is 6.66. The zero-order chi connectivity index (χ0) is 18.0. The highest BCUT2D eigenvalue weighted by molar-refractivity contribution is 7.89. The fourth-order valence-electron chi connectivity index (χ4n) is 2.57. The quantitative estimate of drug-likeness (QED) is 0.626. The van der Waals surface area contributed by atoms with Crippen molar-refractivity contribution in [3.8, 4) is 0 Å². The predicted molar refractivity (Wildman–Crippen MR) is 90.1 cm³/mol.